The van der Waals surface area contributed by atoms with Crippen LogP contribution >= 0.6 is 0 Å². The van der Waals surface area contributed by atoms with Gasteiger partial charge in [0.05, 0.1) is 16.9 Å². The Balaban J connectivity index is 1.51. The lowest BCUT2D eigenvalue weighted by Crippen LogP contribution is -2.55. The normalized spacial score (nSPS) is 19.3. The highest BCUT2D eigenvalue weighted by molar-refractivity contribution is 6.06. The summed E-state index contributed by atoms with van der Waals surface area (Å²) in [6.07, 6.45) is 8.78. The number of amides is 3. The fourth-order valence-corrected chi connectivity index (χ4v) is 6.61. The Morgan fingerprint density at radius 2 is 1.75 bits per heavy atom. The Morgan fingerprint density at radius 3 is 2.50 bits per heavy atom. The number of anilines is 1. The fourth-order valence-electron chi connectivity index (χ4n) is 6.61. The number of aromatic nitrogens is 1. The number of nitrogens with one attached hydrogen (secondary N) is 2. The second-order valence-corrected chi connectivity index (χ2v) is 10.6. The smallest absolute Gasteiger partial charge is 0.252 e. The van der Waals surface area contributed by atoms with Crippen molar-refractivity contribution in [2.75, 3.05) is 5.32 Å². The molecule has 3 amide bonds. The molecule has 2 aliphatic carbocycles. The summed E-state index contributed by atoms with van der Waals surface area (Å²) in [6.45, 7) is 0.184. The van der Waals surface area contributed by atoms with E-state index in [2.05, 4.69) is 21.3 Å². The number of hydrogen-bond donors (Lipinski definition) is 3. The molecule has 2 aromatic carbocycles. The number of hydrogen-bond acceptors (Lipinski definition) is 3. The van der Waals surface area contributed by atoms with Crippen molar-refractivity contribution in [2.45, 2.75) is 75.8 Å². The van der Waals surface area contributed by atoms with E-state index in [1.807, 2.05) is 36.4 Å². The van der Waals surface area contributed by atoms with Crippen LogP contribution in [0.15, 0.2) is 42.5 Å². The van der Waals surface area contributed by atoms with Crippen molar-refractivity contribution in [3.8, 4) is 11.3 Å². The number of para-hydroxylation sites is 1. The third kappa shape index (κ3) is 3.69. The van der Waals surface area contributed by atoms with Gasteiger partial charge in [0, 0.05) is 16.5 Å². The molecule has 4 N–H and O–H groups in total. The van der Waals surface area contributed by atoms with Crippen LogP contribution in [0.2, 0.25) is 0 Å². The van der Waals surface area contributed by atoms with Gasteiger partial charge in [0.25, 0.3) is 5.91 Å². The van der Waals surface area contributed by atoms with Gasteiger partial charge in [-0.15, -0.1) is 0 Å². The predicted octanol–water partition coefficient (Wildman–Crippen LogP) is 4.84. The van der Waals surface area contributed by atoms with E-state index in [4.69, 9.17) is 5.73 Å². The van der Waals surface area contributed by atoms with Gasteiger partial charge in [0.2, 0.25) is 11.8 Å². The molecule has 0 bridgehead atoms. The van der Waals surface area contributed by atoms with Gasteiger partial charge in [-0.2, -0.15) is 0 Å². The number of benzene rings is 2. The molecule has 7 nitrogen and oxygen atoms in total. The van der Waals surface area contributed by atoms with Crippen molar-refractivity contribution >= 4 is 34.3 Å². The average molecular weight is 485 g/mol. The van der Waals surface area contributed by atoms with E-state index in [0.29, 0.717) is 24.3 Å². The third-order valence-electron chi connectivity index (χ3n) is 8.42. The minimum atomic E-state index is -0.978. The molecule has 0 saturated heterocycles. The van der Waals surface area contributed by atoms with Crippen LogP contribution in [0.4, 0.5) is 5.69 Å². The topological polar surface area (TPSA) is 106 Å². The number of nitrogens with two attached hydrogens (primary N) is 1. The van der Waals surface area contributed by atoms with Crippen LogP contribution in [0, 0.1) is 0 Å². The molecular weight excluding hydrogens is 452 g/mol. The van der Waals surface area contributed by atoms with Crippen molar-refractivity contribution in [2.24, 2.45) is 5.73 Å². The lowest BCUT2D eigenvalue weighted by atomic mass is 9.81. The molecule has 1 aromatic heterocycles. The third-order valence-corrected chi connectivity index (χ3v) is 8.42. The van der Waals surface area contributed by atoms with E-state index in [1.165, 1.54) is 24.8 Å². The van der Waals surface area contributed by atoms with Crippen molar-refractivity contribution in [1.82, 2.24) is 9.88 Å². The standard InChI is InChI=1S/C29H32N4O3/c30-28(36)29(14-6-7-15-29)32-27(35)19-12-13-21-23(16-19)33-17-24(34)31-22-11-5-4-10-20(22)26(33)25(21)18-8-2-1-3-9-18/h4-5,10-13,16,18H,1-3,6-9,14-15,17H2,(H2,30,36)(H,31,34)(H,32,35). The number of fused-ring (bicyclic) bond motifs is 5. The van der Waals surface area contributed by atoms with Crippen molar-refractivity contribution < 1.29 is 14.4 Å². The van der Waals surface area contributed by atoms with Gasteiger partial charge in [0.15, 0.2) is 0 Å². The maximum Gasteiger partial charge on any atom is 0.252 e. The average Bonchev–Trinajstić information content (AvgIpc) is 3.44. The summed E-state index contributed by atoms with van der Waals surface area (Å²) < 4.78 is 2.08. The minimum Gasteiger partial charge on any atom is -0.368 e. The SMILES string of the molecule is NC(=O)C1(NC(=O)c2ccc3c(C4CCCCC4)c4n(c3c2)CC(=O)Nc2ccccc2-4)CCCC1. The first-order valence-corrected chi connectivity index (χ1v) is 13.1. The Labute approximate surface area is 210 Å². The van der Waals surface area contributed by atoms with Crippen LogP contribution in [-0.2, 0) is 16.1 Å². The molecule has 6 rings (SSSR count). The maximum absolute atomic E-state index is 13.4. The molecule has 0 unspecified atom stereocenters. The molecule has 36 heavy (non-hydrogen) atoms. The van der Waals surface area contributed by atoms with Crippen LogP contribution < -0.4 is 16.4 Å². The van der Waals surface area contributed by atoms with Gasteiger partial charge in [-0.3, -0.25) is 14.4 Å². The molecule has 3 aliphatic rings. The van der Waals surface area contributed by atoms with Crippen LogP contribution in [0.25, 0.3) is 22.2 Å². The van der Waals surface area contributed by atoms with Crippen LogP contribution in [-0.4, -0.2) is 27.8 Å². The van der Waals surface area contributed by atoms with Gasteiger partial charge in [0.1, 0.15) is 12.1 Å². The molecule has 3 aromatic rings. The number of nitrogens with zero attached hydrogens (tertiary/aromatic N) is 1. The first-order valence-electron chi connectivity index (χ1n) is 13.1. The lowest BCUT2D eigenvalue weighted by Gasteiger charge is -2.26. The number of carbonyl (C=O) groups excluding carboxylic acids is 3. The van der Waals surface area contributed by atoms with Crippen LogP contribution in [0.3, 0.4) is 0 Å². The molecule has 0 atom stereocenters. The number of carbonyl (C=O) groups is 3. The highest BCUT2D eigenvalue weighted by Crippen LogP contribution is 2.46. The van der Waals surface area contributed by atoms with E-state index in [1.54, 1.807) is 0 Å². The van der Waals surface area contributed by atoms with Crippen molar-refractivity contribution in [1.29, 1.82) is 0 Å². The van der Waals surface area contributed by atoms with Gasteiger partial charge >= 0.3 is 0 Å². The minimum absolute atomic E-state index is 0.0817. The van der Waals surface area contributed by atoms with Gasteiger partial charge in [-0.05, 0) is 55.4 Å². The molecule has 7 heteroatoms. The molecule has 2 fully saturated rings. The summed E-state index contributed by atoms with van der Waals surface area (Å²) in [7, 11) is 0. The molecule has 2 saturated carbocycles. The molecule has 2 heterocycles. The van der Waals surface area contributed by atoms with E-state index >= 15 is 0 Å². The van der Waals surface area contributed by atoms with E-state index in [0.717, 1.165) is 53.5 Å². The van der Waals surface area contributed by atoms with E-state index in [-0.39, 0.29) is 18.4 Å². The quantitative estimate of drug-likeness (QED) is 0.493. The zero-order valence-corrected chi connectivity index (χ0v) is 20.4. The Kier molecular flexibility index (Phi) is 5.58. The summed E-state index contributed by atoms with van der Waals surface area (Å²) in [5, 5.41) is 7.12. The van der Waals surface area contributed by atoms with Gasteiger partial charge in [-0.25, -0.2) is 0 Å². The molecule has 0 spiro atoms. The summed E-state index contributed by atoms with van der Waals surface area (Å²) in [5.74, 6) is -0.443. The van der Waals surface area contributed by atoms with Crippen molar-refractivity contribution in [3.63, 3.8) is 0 Å². The summed E-state index contributed by atoms with van der Waals surface area (Å²) >= 11 is 0. The summed E-state index contributed by atoms with van der Waals surface area (Å²) in [5.41, 5.74) is 10.3. The highest BCUT2D eigenvalue weighted by Gasteiger charge is 2.41. The summed E-state index contributed by atoms with van der Waals surface area (Å²) in [4.78, 5) is 38.5. The van der Waals surface area contributed by atoms with E-state index < -0.39 is 11.4 Å². The molecular formula is C29H32N4O3. The second-order valence-electron chi connectivity index (χ2n) is 10.6. The zero-order valence-electron chi connectivity index (χ0n) is 20.4. The summed E-state index contributed by atoms with van der Waals surface area (Å²) in [6, 6.07) is 13.7. The molecule has 0 radical (unpaired) electrons. The largest absolute Gasteiger partial charge is 0.368 e. The Morgan fingerprint density at radius 1 is 1.00 bits per heavy atom. The lowest BCUT2D eigenvalue weighted by molar-refractivity contribution is -0.124. The van der Waals surface area contributed by atoms with Crippen molar-refractivity contribution in [3.05, 3.63) is 53.6 Å². The van der Waals surface area contributed by atoms with E-state index in [9.17, 15) is 14.4 Å². The van der Waals surface area contributed by atoms with Crippen LogP contribution in [0.5, 0.6) is 0 Å². The first-order chi connectivity index (χ1) is 17.5. The highest BCUT2D eigenvalue weighted by atomic mass is 16.2. The maximum atomic E-state index is 13.4. The van der Waals surface area contributed by atoms with Crippen LogP contribution in [0.1, 0.15) is 79.6 Å². The molecule has 1 aliphatic heterocycles. The number of primary amides is 1. The number of rotatable bonds is 4. The fraction of sp³-hybridized carbons (Fsp3) is 0.414. The Bertz CT molecular complexity index is 1380. The monoisotopic (exact) mass is 484 g/mol. The predicted molar refractivity (Wildman–Crippen MR) is 140 cm³/mol. The Hall–Kier alpha value is -3.61. The van der Waals surface area contributed by atoms with Gasteiger partial charge in [-0.1, -0.05) is 56.4 Å². The van der Waals surface area contributed by atoms with Gasteiger partial charge < -0.3 is 20.9 Å². The second kappa shape index (κ2) is 8.80. The zero-order chi connectivity index (χ0) is 24.9. The first kappa shape index (κ1) is 22.8. The molecule has 186 valence electrons.